The molecule has 0 unspecified atom stereocenters. The third kappa shape index (κ3) is 3.98. The van der Waals surface area contributed by atoms with Crippen molar-refractivity contribution in [1.29, 1.82) is 0 Å². The molecule has 162 valence electrons. The van der Waals surface area contributed by atoms with Crippen LogP contribution >= 0.6 is 11.8 Å². The molecule has 0 aromatic heterocycles. The largest absolute Gasteiger partial charge is 0.339 e. The number of nitrogens with zero attached hydrogens (tertiary/aromatic N) is 2. The summed E-state index contributed by atoms with van der Waals surface area (Å²) in [5.41, 5.74) is 5.14. The number of rotatable bonds is 4. The van der Waals surface area contributed by atoms with E-state index in [1.165, 1.54) is 9.79 Å². The van der Waals surface area contributed by atoms with Crippen LogP contribution in [0.2, 0.25) is 0 Å². The van der Waals surface area contributed by atoms with E-state index in [-0.39, 0.29) is 11.8 Å². The summed E-state index contributed by atoms with van der Waals surface area (Å²) in [7, 11) is 0. The summed E-state index contributed by atoms with van der Waals surface area (Å²) in [6.07, 6.45) is 2.24. The van der Waals surface area contributed by atoms with Crippen molar-refractivity contribution in [3.8, 4) is 0 Å². The van der Waals surface area contributed by atoms with Gasteiger partial charge in [0.1, 0.15) is 0 Å². The number of carbonyl (C=O) groups excluding carboxylic acids is 2. The van der Waals surface area contributed by atoms with Crippen LogP contribution in [0, 0.1) is 0 Å². The third-order valence-electron chi connectivity index (χ3n) is 5.96. The van der Waals surface area contributed by atoms with Crippen LogP contribution in [0.1, 0.15) is 25.3 Å². The number of hydrogen-bond acceptors (Lipinski definition) is 4. The molecular formula is C26H25N3O2S. The molecule has 5 rings (SSSR count). The van der Waals surface area contributed by atoms with Crippen LogP contribution in [0.4, 0.5) is 22.7 Å². The summed E-state index contributed by atoms with van der Waals surface area (Å²) in [5.74, 6) is 0.0420. The number of amides is 2. The number of anilines is 4. The Morgan fingerprint density at radius 1 is 0.938 bits per heavy atom. The van der Waals surface area contributed by atoms with Gasteiger partial charge in [-0.1, -0.05) is 36.0 Å². The van der Waals surface area contributed by atoms with Crippen molar-refractivity contribution in [3.63, 3.8) is 0 Å². The van der Waals surface area contributed by atoms with E-state index in [2.05, 4.69) is 34.5 Å². The highest BCUT2D eigenvalue weighted by Gasteiger charge is 2.24. The molecule has 6 heteroatoms. The van der Waals surface area contributed by atoms with Crippen LogP contribution in [0.15, 0.2) is 76.5 Å². The molecule has 0 saturated carbocycles. The Kier molecular flexibility index (Phi) is 5.62. The first-order chi connectivity index (χ1) is 15.6. The Bertz CT molecular complexity index is 1150. The van der Waals surface area contributed by atoms with Gasteiger partial charge in [0.05, 0.1) is 11.4 Å². The monoisotopic (exact) mass is 443 g/mol. The zero-order valence-electron chi connectivity index (χ0n) is 18.0. The molecular weight excluding hydrogens is 418 g/mol. The molecule has 0 bridgehead atoms. The maximum Gasteiger partial charge on any atom is 0.226 e. The molecule has 3 aromatic carbocycles. The maximum absolute atomic E-state index is 12.8. The summed E-state index contributed by atoms with van der Waals surface area (Å²) in [6, 6.07) is 22.5. The number of aryl methyl sites for hydroxylation is 1. The van der Waals surface area contributed by atoms with Crippen LogP contribution in [-0.2, 0) is 16.0 Å². The molecule has 0 saturated heterocycles. The van der Waals surface area contributed by atoms with Crippen molar-refractivity contribution in [1.82, 2.24) is 0 Å². The fraction of sp³-hybridized carbons (Fsp3) is 0.231. The van der Waals surface area contributed by atoms with Gasteiger partial charge in [0.25, 0.3) is 0 Å². The SMILES string of the molecule is CC(=O)N1CCCc2cc(NC(=O)CCN3c4ccccc4Sc4ccccc43)ccc21. The van der Waals surface area contributed by atoms with E-state index >= 15 is 0 Å². The van der Waals surface area contributed by atoms with E-state index in [0.717, 1.165) is 47.7 Å². The summed E-state index contributed by atoms with van der Waals surface area (Å²) in [4.78, 5) is 31.2. The lowest BCUT2D eigenvalue weighted by Crippen LogP contribution is -2.33. The average molecular weight is 444 g/mol. The number of para-hydroxylation sites is 2. The van der Waals surface area contributed by atoms with Gasteiger partial charge in [0.2, 0.25) is 11.8 Å². The Morgan fingerprint density at radius 3 is 2.31 bits per heavy atom. The minimum atomic E-state index is -0.0163. The van der Waals surface area contributed by atoms with Crippen molar-refractivity contribution >= 4 is 46.3 Å². The molecule has 5 nitrogen and oxygen atoms in total. The van der Waals surface area contributed by atoms with Gasteiger partial charge in [-0.25, -0.2) is 0 Å². The van der Waals surface area contributed by atoms with E-state index in [1.54, 1.807) is 18.7 Å². The molecule has 2 aliphatic heterocycles. The molecule has 2 heterocycles. The van der Waals surface area contributed by atoms with Crippen molar-refractivity contribution in [2.75, 3.05) is 28.2 Å². The minimum Gasteiger partial charge on any atom is -0.339 e. The van der Waals surface area contributed by atoms with Gasteiger partial charge >= 0.3 is 0 Å². The Labute approximate surface area is 192 Å². The Balaban J connectivity index is 1.30. The highest BCUT2D eigenvalue weighted by molar-refractivity contribution is 7.99. The van der Waals surface area contributed by atoms with Gasteiger partial charge in [-0.2, -0.15) is 0 Å². The number of benzene rings is 3. The van der Waals surface area contributed by atoms with Gasteiger partial charge in [-0.15, -0.1) is 0 Å². The second-order valence-corrected chi connectivity index (χ2v) is 9.19. The molecule has 0 spiro atoms. The van der Waals surface area contributed by atoms with E-state index < -0.39 is 0 Å². The molecule has 0 aliphatic carbocycles. The lowest BCUT2D eigenvalue weighted by Gasteiger charge is -2.32. The molecule has 0 radical (unpaired) electrons. The van der Waals surface area contributed by atoms with Crippen molar-refractivity contribution in [2.45, 2.75) is 36.0 Å². The van der Waals surface area contributed by atoms with Gasteiger partial charge in [0, 0.05) is 47.6 Å². The van der Waals surface area contributed by atoms with Crippen molar-refractivity contribution < 1.29 is 9.59 Å². The van der Waals surface area contributed by atoms with Gasteiger partial charge in [0.15, 0.2) is 0 Å². The topological polar surface area (TPSA) is 52.7 Å². The molecule has 0 atom stereocenters. The number of nitrogens with one attached hydrogen (secondary N) is 1. The van der Waals surface area contributed by atoms with Gasteiger partial charge < -0.3 is 15.1 Å². The van der Waals surface area contributed by atoms with Crippen LogP contribution in [0.5, 0.6) is 0 Å². The lowest BCUT2D eigenvalue weighted by atomic mass is 10.0. The summed E-state index contributed by atoms with van der Waals surface area (Å²) in [5, 5.41) is 3.05. The van der Waals surface area contributed by atoms with E-state index in [4.69, 9.17) is 0 Å². The minimum absolute atomic E-state index is 0.0163. The first kappa shape index (κ1) is 20.6. The molecule has 2 amide bonds. The normalized spacial score (nSPS) is 14.3. The maximum atomic E-state index is 12.8. The van der Waals surface area contributed by atoms with Crippen LogP contribution in [0.25, 0.3) is 0 Å². The van der Waals surface area contributed by atoms with E-state index in [9.17, 15) is 9.59 Å². The smallest absolute Gasteiger partial charge is 0.226 e. The highest BCUT2D eigenvalue weighted by atomic mass is 32.2. The fourth-order valence-electron chi connectivity index (χ4n) is 4.46. The Morgan fingerprint density at radius 2 is 1.62 bits per heavy atom. The zero-order valence-corrected chi connectivity index (χ0v) is 18.8. The summed E-state index contributed by atoms with van der Waals surface area (Å²) >= 11 is 1.77. The van der Waals surface area contributed by atoms with Crippen molar-refractivity contribution in [2.24, 2.45) is 0 Å². The molecule has 32 heavy (non-hydrogen) atoms. The molecule has 3 aromatic rings. The Hall–Kier alpha value is -3.25. The van der Waals surface area contributed by atoms with Gasteiger partial charge in [-0.05, 0) is 60.9 Å². The second kappa shape index (κ2) is 8.71. The number of hydrogen-bond donors (Lipinski definition) is 1. The van der Waals surface area contributed by atoms with Crippen molar-refractivity contribution in [3.05, 3.63) is 72.3 Å². The van der Waals surface area contributed by atoms with E-state index in [0.29, 0.717) is 13.0 Å². The molecule has 2 aliphatic rings. The first-order valence-corrected chi connectivity index (χ1v) is 11.8. The number of carbonyl (C=O) groups is 2. The zero-order chi connectivity index (χ0) is 22.1. The van der Waals surface area contributed by atoms with Crippen LogP contribution in [-0.4, -0.2) is 24.9 Å². The quantitative estimate of drug-likeness (QED) is 0.569. The summed E-state index contributed by atoms with van der Waals surface area (Å²) in [6.45, 7) is 2.95. The highest BCUT2D eigenvalue weighted by Crippen LogP contribution is 2.47. The molecule has 0 fully saturated rings. The third-order valence-corrected chi connectivity index (χ3v) is 7.09. The average Bonchev–Trinajstić information content (AvgIpc) is 2.81. The van der Waals surface area contributed by atoms with E-state index in [1.807, 2.05) is 47.4 Å². The first-order valence-electron chi connectivity index (χ1n) is 10.9. The lowest BCUT2D eigenvalue weighted by molar-refractivity contribution is -0.117. The number of fused-ring (bicyclic) bond motifs is 3. The van der Waals surface area contributed by atoms with Crippen LogP contribution in [0.3, 0.4) is 0 Å². The predicted molar refractivity (Wildman–Crippen MR) is 130 cm³/mol. The standard InChI is InChI=1S/C26H25N3O2S/c1-18(30)28-15-6-7-19-17-20(12-13-21(19)28)27-26(31)14-16-29-22-8-2-4-10-24(22)32-25-11-5-3-9-23(25)29/h2-5,8-13,17H,6-7,14-16H2,1H3,(H,27,31). The van der Waals surface area contributed by atoms with Crippen LogP contribution < -0.4 is 15.1 Å². The predicted octanol–water partition coefficient (Wildman–Crippen LogP) is 5.62. The fourth-order valence-corrected chi connectivity index (χ4v) is 5.56. The summed E-state index contributed by atoms with van der Waals surface area (Å²) < 4.78 is 0. The molecule has 1 N–H and O–H groups in total. The second-order valence-electron chi connectivity index (χ2n) is 8.11. The van der Waals surface area contributed by atoms with Gasteiger partial charge in [-0.3, -0.25) is 9.59 Å².